The van der Waals surface area contributed by atoms with Crippen LogP contribution in [0.1, 0.15) is 21.5 Å². The Hall–Kier alpha value is -2.86. The predicted octanol–water partition coefficient (Wildman–Crippen LogP) is 1.91. The van der Waals surface area contributed by atoms with Crippen LogP contribution >= 0.6 is 0 Å². The standard InChI is InChI=1S/C13H12N4O2/c1-8-4-10(16-17-11(6-14)7-15)5-12(9(8)2)13(18)19-3/h4-5,16H,1-3H3. The second kappa shape index (κ2) is 6.18. The van der Waals surface area contributed by atoms with E-state index in [4.69, 9.17) is 10.5 Å². The first-order chi connectivity index (χ1) is 9.03. The maximum atomic E-state index is 11.6. The highest BCUT2D eigenvalue weighted by Crippen LogP contribution is 2.20. The molecule has 96 valence electrons. The Morgan fingerprint density at radius 2 is 1.95 bits per heavy atom. The molecule has 0 saturated heterocycles. The number of benzene rings is 1. The van der Waals surface area contributed by atoms with E-state index in [9.17, 15) is 4.79 Å². The van der Waals surface area contributed by atoms with E-state index in [1.165, 1.54) is 7.11 Å². The van der Waals surface area contributed by atoms with E-state index < -0.39 is 5.97 Å². The van der Waals surface area contributed by atoms with Crippen LogP contribution < -0.4 is 5.43 Å². The number of carbonyl (C=O) groups excluding carboxylic acids is 1. The summed E-state index contributed by atoms with van der Waals surface area (Å²) in [5, 5.41) is 20.8. The van der Waals surface area contributed by atoms with Gasteiger partial charge in [-0.3, -0.25) is 5.43 Å². The first-order valence-electron chi connectivity index (χ1n) is 5.37. The quantitative estimate of drug-likeness (QED) is 0.506. The Morgan fingerprint density at radius 3 is 2.47 bits per heavy atom. The lowest BCUT2D eigenvalue weighted by atomic mass is 10.0. The van der Waals surface area contributed by atoms with E-state index in [-0.39, 0.29) is 5.71 Å². The molecule has 0 unspecified atom stereocenters. The number of carbonyl (C=O) groups is 1. The number of methoxy groups -OCH3 is 1. The minimum absolute atomic E-state index is 0.294. The molecule has 0 amide bonds. The van der Waals surface area contributed by atoms with Crippen LogP contribution in [0.15, 0.2) is 17.2 Å². The van der Waals surface area contributed by atoms with Gasteiger partial charge in [0.1, 0.15) is 12.1 Å². The highest BCUT2D eigenvalue weighted by molar-refractivity contribution is 6.10. The van der Waals surface area contributed by atoms with Crippen molar-refractivity contribution in [1.29, 1.82) is 10.5 Å². The molecule has 0 saturated carbocycles. The third-order valence-electron chi connectivity index (χ3n) is 2.58. The van der Waals surface area contributed by atoms with E-state index in [1.807, 2.05) is 13.8 Å². The first-order valence-corrected chi connectivity index (χ1v) is 5.37. The number of ether oxygens (including phenoxy) is 1. The number of hydrogen-bond acceptors (Lipinski definition) is 6. The van der Waals surface area contributed by atoms with E-state index in [2.05, 4.69) is 15.3 Å². The third kappa shape index (κ3) is 3.30. The fourth-order valence-electron chi connectivity index (χ4n) is 1.44. The SMILES string of the molecule is COC(=O)c1cc(NN=C(C#N)C#N)cc(C)c1C. The first kappa shape index (κ1) is 14.2. The molecule has 1 rings (SSSR count). The van der Waals surface area contributed by atoms with Crippen molar-refractivity contribution in [3.63, 3.8) is 0 Å². The molecule has 0 spiro atoms. The molecule has 6 heteroatoms. The highest BCUT2D eigenvalue weighted by atomic mass is 16.5. The van der Waals surface area contributed by atoms with Crippen LogP contribution in [0.5, 0.6) is 0 Å². The van der Waals surface area contributed by atoms with Crippen molar-refractivity contribution >= 4 is 17.4 Å². The molecule has 0 radical (unpaired) electrons. The minimum Gasteiger partial charge on any atom is -0.465 e. The predicted molar refractivity (Wildman–Crippen MR) is 69.5 cm³/mol. The van der Waals surface area contributed by atoms with Crippen LogP contribution in [0.2, 0.25) is 0 Å². The number of nitrogens with zero attached hydrogens (tertiary/aromatic N) is 3. The van der Waals surface area contributed by atoms with Crippen LogP contribution in [0, 0.1) is 36.5 Å². The molecular weight excluding hydrogens is 244 g/mol. The fourth-order valence-corrected chi connectivity index (χ4v) is 1.44. The van der Waals surface area contributed by atoms with Gasteiger partial charge in [0, 0.05) is 0 Å². The third-order valence-corrected chi connectivity index (χ3v) is 2.58. The molecule has 1 aromatic carbocycles. The van der Waals surface area contributed by atoms with Crippen LogP contribution in [0.3, 0.4) is 0 Å². The molecule has 1 aromatic rings. The lowest BCUT2D eigenvalue weighted by Gasteiger charge is -2.10. The van der Waals surface area contributed by atoms with Gasteiger partial charge < -0.3 is 4.74 Å². The monoisotopic (exact) mass is 256 g/mol. The summed E-state index contributed by atoms with van der Waals surface area (Å²) in [6.07, 6.45) is 0. The average Bonchev–Trinajstić information content (AvgIpc) is 2.42. The Morgan fingerprint density at radius 1 is 1.32 bits per heavy atom. The largest absolute Gasteiger partial charge is 0.465 e. The fraction of sp³-hybridized carbons (Fsp3) is 0.231. The molecule has 0 bridgehead atoms. The molecule has 1 N–H and O–H groups in total. The summed E-state index contributed by atoms with van der Waals surface area (Å²) in [4.78, 5) is 11.6. The number of hydrazone groups is 1. The van der Waals surface area contributed by atoms with E-state index >= 15 is 0 Å². The summed E-state index contributed by atoms with van der Waals surface area (Å²) in [5.74, 6) is -0.450. The van der Waals surface area contributed by atoms with Crippen LogP contribution in [-0.2, 0) is 4.74 Å². The van der Waals surface area contributed by atoms with E-state index in [0.717, 1.165) is 11.1 Å². The summed E-state index contributed by atoms with van der Waals surface area (Å²) < 4.78 is 4.69. The minimum atomic E-state index is -0.450. The normalized spacial score (nSPS) is 8.89. The van der Waals surface area contributed by atoms with Crippen molar-refractivity contribution in [2.24, 2.45) is 5.10 Å². The van der Waals surface area contributed by atoms with Gasteiger partial charge in [-0.2, -0.15) is 15.6 Å². The van der Waals surface area contributed by atoms with Gasteiger partial charge in [0.2, 0.25) is 5.71 Å². The number of nitrogens with one attached hydrogen (secondary N) is 1. The zero-order valence-corrected chi connectivity index (χ0v) is 10.8. The van der Waals surface area contributed by atoms with Crippen LogP contribution in [0.4, 0.5) is 5.69 Å². The van der Waals surface area contributed by atoms with E-state index in [1.54, 1.807) is 24.3 Å². The molecule has 6 nitrogen and oxygen atoms in total. The smallest absolute Gasteiger partial charge is 0.338 e. The van der Waals surface area contributed by atoms with Crippen molar-refractivity contribution in [1.82, 2.24) is 0 Å². The van der Waals surface area contributed by atoms with Crippen LogP contribution in [-0.4, -0.2) is 18.8 Å². The van der Waals surface area contributed by atoms with Gasteiger partial charge in [-0.1, -0.05) is 0 Å². The number of hydrogen-bond donors (Lipinski definition) is 1. The lowest BCUT2D eigenvalue weighted by molar-refractivity contribution is 0.0600. The zero-order chi connectivity index (χ0) is 14.4. The number of anilines is 1. The topological polar surface area (TPSA) is 98.3 Å². The maximum Gasteiger partial charge on any atom is 0.338 e. The van der Waals surface area contributed by atoms with Crippen molar-refractivity contribution in [2.45, 2.75) is 13.8 Å². The van der Waals surface area contributed by atoms with Gasteiger partial charge >= 0.3 is 5.97 Å². The maximum absolute atomic E-state index is 11.6. The number of nitriles is 2. The van der Waals surface area contributed by atoms with Gasteiger partial charge in [0.05, 0.1) is 18.4 Å². The lowest BCUT2D eigenvalue weighted by Crippen LogP contribution is -2.06. The number of esters is 1. The second-order valence-corrected chi connectivity index (χ2v) is 3.75. The molecular formula is C13H12N4O2. The van der Waals surface area contributed by atoms with Crippen molar-refractivity contribution < 1.29 is 9.53 Å². The molecule has 0 aliphatic heterocycles. The molecule has 0 aromatic heterocycles. The summed E-state index contributed by atoms with van der Waals surface area (Å²) >= 11 is 0. The summed E-state index contributed by atoms with van der Waals surface area (Å²) in [7, 11) is 1.30. The van der Waals surface area contributed by atoms with E-state index in [0.29, 0.717) is 11.3 Å². The summed E-state index contributed by atoms with van der Waals surface area (Å²) in [6, 6.07) is 6.58. The zero-order valence-electron chi connectivity index (χ0n) is 10.8. The summed E-state index contributed by atoms with van der Waals surface area (Å²) in [6.45, 7) is 3.65. The van der Waals surface area contributed by atoms with Crippen LogP contribution in [0.25, 0.3) is 0 Å². The second-order valence-electron chi connectivity index (χ2n) is 3.75. The van der Waals surface area contributed by atoms with Crippen molar-refractivity contribution in [3.05, 3.63) is 28.8 Å². The summed E-state index contributed by atoms with van der Waals surface area (Å²) in [5.41, 5.74) is 4.87. The van der Waals surface area contributed by atoms with Gasteiger partial charge in [0.15, 0.2) is 0 Å². The Kier molecular flexibility index (Phi) is 4.62. The Balaban J connectivity index is 3.16. The Labute approximate surface area is 110 Å². The van der Waals surface area contributed by atoms with Gasteiger partial charge in [0.25, 0.3) is 0 Å². The molecule has 0 aliphatic rings. The highest BCUT2D eigenvalue weighted by Gasteiger charge is 2.12. The molecule has 0 atom stereocenters. The molecule has 0 fully saturated rings. The Bertz CT molecular complexity index is 605. The van der Waals surface area contributed by atoms with Crippen molar-refractivity contribution in [2.75, 3.05) is 12.5 Å². The molecule has 19 heavy (non-hydrogen) atoms. The molecule has 0 aliphatic carbocycles. The molecule has 0 heterocycles. The van der Waals surface area contributed by atoms with Gasteiger partial charge in [-0.05, 0) is 37.1 Å². The van der Waals surface area contributed by atoms with Crippen molar-refractivity contribution in [3.8, 4) is 12.1 Å². The number of aryl methyl sites for hydroxylation is 1. The van der Waals surface area contributed by atoms with Gasteiger partial charge in [-0.15, -0.1) is 0 Å². The van der Waals surface area contributed by atoms with Gasteiger partial charge in [-0.25, -0.2) is 4.79 Å². The number of rotatable bonds is 3. The average molecular weight is 256 g/mol.